The Kier molecular flexibility index (Phi) is 3.01. The Morgan fingerprint density at radius 3 is 2.62 bits per heavy atom. The molecule has 13 heavy (non-hydrogen) atoms. The molecule has 1 heterocycles. The Balaban J connectivity index is 3.30. The second-order valence-corrected chi connectivity index (χ2v) is 3.18. The van der Waals surface area contributed by atoms with E-state index in [1.54, 1.807) is 11.7 Å². The number of rotatable bonds is 2. The number of aromatic nitrogens is 1. The van der Waals surface area contributed by atoms with Crippen LogP contribution in [0.1, 0.15) is 25.3 Å². The predicted molar refractivity (Wildman–Crippen MR) is 55.0 cm³/mol. The van der Waals surface area contributed by atoms with Crippen molar-refractivity contribution >= 4 is 6.72 Å². The second-order valence-electron chi connectivity index (χ2n) is 3.18. The van der Waals surface area contributed by atoms with Gasteiger partial charge in [0.05, 0.1) is 0 Å². The summed E-state index contributed by atoms with van der Waals surface area (Å²) in [5.74, 6) is 0.514. The molecule has 0 unspecified atom stereocenters. The molecule has 0 saturated carbocycles. The van der Waals surface area contributed by atoms with Crippen LogP contribution in [0, 0.1) is 0 Å². The van der Waals surface area contributed by atoms with E-state index in [1.165, 1.54) is 5.56 Å². The van der Waals surface area contributed by atoms with Crippen molar-refractivity contribution in [3.05, 3.63) is 29.4 Å². The van der Waals surface area contributed by atoms with Gasteiger partial charge in [-0.15, -0.1) is 0 Å². The maximum Gasteiger partial charge on any atom is 0.148 e. The van der Waals surface area contributed by atoms with E-state index in [1.807, 2.05) is 18.3 Å². The van der Waals surface area contributed by atoms with Crippen molar-refractivity contribution < 1.29 is 0 Å². The summed E-state index contributed by atoms with van der Waals surface area (Å²) in [6.45, 7) is 7.77. The number of nitrogens with zero attached hydrogens (tertiary/aromatic N) is 3. The molecule has 0 spiro atoms. The van der Waals surface area contributed by atoms with E-state index in [-0.39, 0.29) is 0 Å². The Bertz CT molecular complexity index is 361. The van der Waals surface area contributed by atoms with Gasteiger partial charge < -0.3 is 0 Å². The van der Waals surface area contributed by atoms with Gasteiger partial charge >= 0.3 is 0 Å². The van der Waals surface area contributed by atoms with E-state index in [0.717, 1.165) is 5.49 Å². The molecule has 0 aromatic carbocycles. The second kappa shape index (κ2) is 4.03. The Morgan fingerprint density at radius 2 is 2.15 bits per heavy atom. The summed E-state index contributed by atoms with van der Waals surface area (Å²) in [4.78, 5) is 4.11. The van der Waals surface area contributed by atoms with Crippen LogP contribution in [0.4, 0.5) is 0 Å². The molecule has 70 valence electrons. The van der Waals surface area contributed by atoms with Crippen LogP contribution in [0.2, 0.25) is 0 Å². The SMILES string of the molecule is C=Nn1ccc(C(C)C)c/c1=N/C. The van der Waals surface area contributed by atoms with Gasteiger partial charge in [-0.2, -0.15) is 5.10 Å². The van der Waals surface area contributed by atoms with Gasteiger partial charge in [0, 0.05) is 20.0 Å². The van der Waals surface area contributed by atoms with Gasteiger partial charge in [-0.1, -0.05) is 13.8 Å². The Hall–Kier alpha value is -1.38. The molecule has 0 N–H and O–H groups in total. The average molecular weight is 177 g/mol. The van der Waals surface area contributed by atoms with Gasteiger partial charge in [-0.25, -0.2) is 4.68 Å². The van der Waals surface area contributed by atoms with Gasteiger partial charge in [-0.05, 0) is 23.6 Å². The molecule has 1 aromatic rings. The van der Waals surface area contributed by atoms with Crippen LogP contribution in [0.5, 0.6) is 0 Å². The standard InChI is InChI=1S/C10H15N3/c1-8(2)9-5-6-13(12-4)10(7-9)11-3/h5-8H,4H2,1-3H3/b11-10-. The molecule has 1 aromatic heterocycles. The van der Waals surface area contributed by atoms with Crippen LogP contribution in [0.3, 0.4) is 0 Å². The van der Waals surface area contributed by atoms with E-state index in [9.17, 15) is 0 Å². The quantitative estimate of drug-likeness (QED) is 0.614. The molecular weight excluding hydrogens is 162 g/mol. The van der Waals surface area contributed by atoms with Gasteiger partial charge in [0.15, 0.2) is 0 Å². The first-order valence-corrected chi connectivity index (χ1v) is 4.31. The molecule has 0 aliphatic rings. The first-order valence-electron chi connectivity index (χ1n) is 4.31. The van der Waals surface area contributed by atoms with Crippen molar-refractivity contribution in [1.29, 1.82) is 0 Å². The third kappa shape index (κ3) is 2.05. The first kappa shape index (κ1) is 9.71. The lowest BCUT2D eigenvalue weighted by Gasteiger charge is -2.06. The molecule has 0 fully saturated rings. The van der Waals surface area contributed by atoms with Crippen molar-refractivity contribution in [3.8, 4) is 0 Å². The molecule has 0 atom stereocenters. The highest BCUT2D eigenvalue weighted by molar-refractivity contribution is 5.24. The summed E-state index contributed by atoms with van der Waals surface area (Å²) in [5, 5.41) is 3.81. The molecule has 1 rings (SSSR count). The topological polar surface area (TPSA) is 29.6 Å². The molecule has 0 aliphatic heterocycles. The first-order chi connectivity index (χ1) is 6.19. The minimum atomic E-state index is 0.514. The van der Waals surface area contributed by atoms with Crippen LogP contribution in [0.15, 0.2) is 28.4 Å². The zero-order valence-electron chi connectivity index (χ0n) is 8.36. The summed E-state index contributed by atoms with van der Waals surface area (Å²) in [5.41, 5.74) is 2.10. The molecule has 0 bridgehead atoms. The van der Waals surface area contributed by atoms with Crippen LogP contribution in [0.25, 0.3) is 0 Å². The van der Waals surface area contributed by atoms with Crippen molar-refractivity contribution in [2.75, 3.05) is 7.05 Å². The third-order valence-electron chi connectivity index (χ3n) is 1.99. The molecular formula is C10H15N3. The van der Waals surface area contributed by atoms with E-state index in [0.29, 0.717) is 5.92 Å². The van der Waals surface area contributed by atoms with E-state index < -0.39 is 0 Å². The monoisotopic (exact) mass is 177 g/mol. The van der Waals surface area contributed by atoms with Crippen LogP contribution < -0.4 is 5.49 Å². The molecule has 0 saturated heterocycles. The maximum absolute atomic E-state index is 4.11. The molecule has 0 amide bonds. The lowest BCUT2D eigenvalue weighted by molar-refractivity contribution is 0.779. The van der Waals surface area contributed by atoms with Crippen LogP contribution in [-0.2, 0) is 0 Å². The minimum Gasteiger partial charge on any atom is -0.270 e. The fourth-order valence-electron chi connectivity index (χ4n) is 1.14. The third-order valence-corrected chi connectivity index (χ3v) is 1.99. The molecule has 0 aliphatic carbocycles. The van der Waals surface area contributed by atoms with E-state index >= 15 is 0 Å². The smallest absolute Gasteiger partial charge is 0.148 e. The zero-order valence-corrected chi connectivity index (χ0v) is 8.36. The average Bonchev–Trinajstić information content (AvgIpc) is 2.16. The highest BCUT2D eigenvalue weighted by Gasteiger charge is 1.99. The van der Waals surface area contributed by atoms with Gasteiger partial charge in [0.2, 0.25) is 0 Å². The number of hydrogen-bond acceptors (Lipinski definition) is 2. The Labute approximate surface area is 78.4 Å². The van der Waals surface area contributed by atoms with Gasteiger partial charge in [-0.3, -0.25) is 4.99 Å². The van der Waals surface area contributed by atoms with Crippen molar-refractivity contribution in [3.63, 3.8) is 0 Å². The highest BCUT2D eigenvalue weighted by Crippen LogP contribution is 2.10. The highest BCUT2D eigenvalue weighted by atomic mass is 15.3. The zero-order chi connectivity index (χ0) is 9.84. The summed E-state index contributed by atoms with van der Waals surface area (Å²) >= 11 is 0. The van der Waals surface area contributed by atoms with Crippen molar-refractivity contribution in [2.45, 2.75) is 19.8 Å². The van der Waals surface area contributed by atoms with Gasteiger partial charge in [0.25, 0.3) is 0 Å². The minimum absolute atomic E-state index is 0.514. The largest absolute Gasteiger partial charge is 0.270 e. The predicted octanol–water partition coefficient (Wildman–Crippen LogP) is 1.61. The summed E-state index contributed by atoms with van der Waals surface area (Å²) in [6, 6.07) is 4.06. The van der Waals surface area contributed by atoms with Crippen molar-refractivity contribution in [1.82, 2.24) is 4.68 Å². The molecule has 3 nitrogen and oxygen atoms in total. The fourth-order valence-corrected chi connectivity index (χ4v) is 1.14. The summed E-state index contributed by atoms with van der Waals surface area (Å²) in [6.07, 6.45) is 1.88. The lowest BCUT2D eigenvalue weighted by atomic mass is 10.1. The summed E-state index contributed by atoms with van der Waals surface area (Å²) < 4.78 is 1.66. The van der Waals surface area contributed by atoms with E-state index in [4.69, 9.17) is 0 Å². The maximum atomic E-state index is 4.11. The van der Waals surface area contributed by atoms with Crippen LogP contribution >= 0.6 is 0 Å². The van der Waals surface area contributed by atoms with Gasteiger partial charge in [0.1, 0.15) is 5.49 Å². The van der Waals surface area contributed by atoms with Crippen LogP contribution in [-0.4, -0.2) is 18.4 Å². The Morgan fingerprint density at radius 1 is 1.46 bits per heavy atom. The number of pyridine rings is 1. The van der Waals surface area contributed by atoms with E-state index in [2.05, 4.69) is 30.7 Å². The summed E-state index contributed by atoms with van der Waals surface area (Å²) in [7, 11) is 1.75. The van der Waals surface area contributed by atoms with Crippen molar-refractivity contribution in [2.24, 2.45) is 10.1 Å². The lowest BCUT2D eigenvalue weighted by Crippen LogP contribution is -2.17. The molecule has 3 heteroatoms. The number of hydrogen-bond donors (Lipinski definition) is 0. The normalized spacial score (nSPS) is 12.2. The molecule has 0 radical (unpaired) electrons. The fraction of sp³-hybridized carbons (Fsp3) is 0.400.